The van der Waals surface area contributed by atoms with Crippen molar-refractivity contribution < 1.29 is 30.0 Å². The van der Waals surface area contributed by atoms with Gasteiger partial charge < -0.3 is 25.7 Å². The van der Waals surface area contributed by atoms with Crippen molar-refractivity contribution in [2.24, 2.45) is 0 Å². The number of benzene rings is 3. The van der Waals surface area contributed by atoms with E-state index in [2.05, 4.69) is 5.32 Å². The Labute approximate surface area is 165 Å². The van der Waals surface area contributed by atoms with Crippen LogP contribution in [0.2, 0.25) is 0 Å². The lowest BCUT2D eigenvalue weighted by atomic mass is 10.1. The van der Waals surface area contributed by atoms with E-state index in [9.17, 15) is 19.8 Å². The van der Waals surface area contributed by atoms with Crippen LogP contribution in [0, 0.1) is 0 Å². The summed E-state index contributed by atoms with van der Waals surface area (Å²) in [6, 6.07) is 14.4. The summed E-state index contributed by atoms with van der Waals surface area (Å²) in [6.07, 6.45) is 0.289. The predicted octanol–water partition coefficient (Wildman–Crippen LogP) is 2.72. The van der Waals surface area contributed by atoms with Crippen molar-refractivity contribution in [3.05, 3.63) is 71.8 Å². The maximum atomic E-state index is 11.6. The Hall–Kier alpha value is -4.20. The topological polar surface area (TPSA) is 139 Å². The van der Waals surface area contributed by atoms with Crippen LogP contribution in [0.25, 0.3) is 11.1 Å². The molecule has 148 valence electrons. The number of aromatic hydroxyl groups is 4. The van der Waals surface area contributed by atoms with Crippen molar-refractivity contribution in [1.29, 1.82) is 0 Å². The van der Waals surface area contributed by atoms with Crippen molar-refractivity contribution >= 4 is 12.4 Å². The average molecular weight is 394 g/mol. The van der Waals surface area contributed by atoms with E-state index in [1.54, 1.807) is 42.5 Å². The molecule has 0 radical (unpaired) electrons. The van der Waals surface area contributed by atoms with Crippen LogP contribution in [0.15, 0.2) is 60.7 Å². The van der Waals surface area contributed by atoms with Crippen LogP contribution < -0.4 is 10.6 Å². The zero-order valence-corrected chi connectivity index (χ0v) is 15.0. The summed E-state index contributed by atoms with van der Waals surface area (Å²) in [5.74, 6) is 0.330. The number of phenolic OH excluding ortho intramolecular Hbond substituents is 4. The molecular weight excluding hydrogens is 376 g/mol. The fourth-order valence-corrected chi connectivity index (χ4v) is 3.11. The highest BCUT2D eigenvalue weighted by molar-refractivity contribution is 5.87. The fourth-order valence-electron chi connectivity index (χ4n) is 3.11. The van der Waals surface area contributed by atoms with E-state index in [0.29, 0.717) is 11.1 Å². The minimum Gasteiger partial charge on any atom is -0.508 e. The number of hydrogen-bond donors (Lipinski definition) is 6. The van der Waals surface area contributed by atoms with Gasteiger partial charge in [-0.2, -0.15) is 0 Å². The second kappa shape index (κ2) is 8.22. The summed E-state index contributed by atoms with van der Waals surface area (Å²) in [4.78, 5) is 21.9. The molecule has 6 N–H and O–H groups in total. The Morgan fingerprint density at radius 2 is 1.24 bits per heavy atom. The average Bonchev–Trinajstić information content (AvgIpc) is 2.94. The lowest BCUT2D eigenvalue weighted by Crippen LogP contribution is -2.36. The van der Waals surface area contributed by atoms with Crippen molar-refractivity contribution in [3.8, 4) is 34.1 Å². The second-order valence-electron chi connectivity index (χ2n) is 6.23. The summed E-state index contributed by atoms with van der Waals surface area (Å²) in [7, 11) is 0. The van der Waals surface area contributed by atoms with Gasteiger partial charge in [-0.3, -0.25) is 10.1 Å². The highest BCUT2D eigenvalue weighted by Crippen LogP contribution is 2.45. The molecule has 8 nitrogen and oxygen atoms in total. The molecule has 8 heteroatoms. The summed E-state index contributed by atoms with van der Waals surface area (Å²) in [5, 5.41) is 41.3. The molecule has 0 atom stereocenters. The van der Waals surface area contributed by atoms with Gasteiger partial charge in [-0.15, -0.1) is 0 Å². The molecule has 0 unspecified atom stereocenters. The van der Waals surface area contributed by atoms with E-state index in [1.807, 2.05) is 5.32 Å². The lowest BCUT2D eigenvalue weighted by Gasteiger charge is -2.15. The first-order valence-electron chi connectivity index (χ1n) is 8.54. The molecule has 29 heavy (non-hydrogen) atoms. The van der Waals surface area contributed by atoms with Gasteiger partial charge in [0.05, 0.1) is 6.04 Å². The molecule has 3 aromatic rings. The number of urea groups is 1. The van der Waals surface area contributed by atoms with Crippen LogP contribution in [-0.4, -0.2) is 32.9 Å². The van der Waals surface area contributed by atoms with Crippen molar-refractivity contribution in [2.45, 2.75) is 6.04 Å². The van der Waals surface area contributed by atoms with Gasteiger partial charge in [-0.25, -0.2) is 4.79 Å². The third kappa shape index (κ3) is 4.38. The molecule has 0 spiro atoms. The van der Waals surface area contributed by atoms with Crippen LogP contribution in [0.4, 0.5) is 4.79 Å². The van der Waals surface area contributed by atoms with Crippen LogP contribution in [0.5, 0.6) is 23.0 Å². The minimum atomic E-state index is -0.652. The van der Waals surface area contributed by atoms with Crippen LogP contribution in [-0.2, 0) is 4.79 Å². The van der Waals surface area contributed by atoms with Gasteiger partial charge in [0.15, 0.2) is 0 Å². The third-order valence-corrected chi connectivity index (χ3v) is 4.28. The molecule has 0 fully saturated rings. The molecule has 1 aliphatic carbocycles. The first-order valence-corrected chi connectivity index (χ1v) is 8.54. The molecule has 0 aromatic heterocycles. The Bertz CT molecular complexity index is 998. The largest absolute Gasteiger partial charge is 0.508 e. The van der Waals surface area contributed by atoms with Gasteiger partial charge >= 0.3 is 6.03 Å². The Morgan fingerprint density at radius 3 is 1.66 bits per heavy atom. The molecule has 0 saturated carbocycles. The number of nitrogens with one attached hydrogen (secondary N) is 2. The SMILES string of the molecule is O=CNC(=O)NC1c2cc(O)ccc2-c2ccc(O)cc21.Oc1cccc(O)c1. The minimum absolute atomic E-state index is 0.0772. The van der Waals surface area contributed by atoms with Gasteiger partial charge in [0.25, 0.3) is 0 Å². The van der Waals surface area contributed by atoms with Gasteiger partial charge in [0, 0.05) is 6.07 Å². The van der Waals surface area contributed by atoms with Crippen molar-refractivity contribution in [3.63, 3.8) is 0 Å². The van der Waals surface area contributed by atoms with E-state index in [-0.39, 0.29) is 29.4 Å². The number of carbonyl (C=O) groups excluding carboxylic acids is 2. The van der Waals surface area contributed by atoms with Gasteiger partial charge in [0.2, 0.25) is 6.41 Å². The zero-order valence-electron chi connectivity index (χ0n) is 15.0. The summed E-state index contributed by atoms with van der Waals surface area (Å²) >= 11 is 0. The van der Waals surface area contributed by atoms with E-state index >= 15 is 0 Å². The number of amides is 3. The Balaban J connectivity index is 0.000000252. The van der Waals surface area contributed by atoms with E-state index in [0.717, 1.165) is 11.1 Å². The van der Waals surface area contributed by atoms with Gasteiger partial charge in [-0.1, -0.05) is 18.2 Å². The molecule has 1 aliphatic rings. The number of imide groups is 1. The smallest absolute Gasteiger partial charge is 0.321 e. The monoisotopic (exact) mass is 394 g/mol. The number of fused-ring (bicyclic) bond motifs is 3. The normalized spacial score (nSPS) is 11.4. The van der Waals surface area contributed by atoms with Crippen LogP contribution >= 0.6 is 0 Å². The second-order valence-corrected chi connectivity index (χ2v) is 6.23. The maximum absolute atomic E-state index is 11.6. The van der Waals surface area contributed by atoms with E-state index in [4.69, 9.17) is 10.2 Å². The Kier molecular flexibility index (Phi) is 5.54. The standard InChI is InChI=1S/C15H12N2O4.C6H6O2/c18-7-16-15(21)17-14-12-5-8(19)1-3-10(12)11-4-2-9(20)6-13(11)14;7-5-2-1-3-6(8)4-5/h1-7,14,19-20H,(H2,16,17,18,21);1-4,7-8H. The lowest BCUT2D eigenvalue weighted by molar-refractivity contribution is -0.108. The molecule has 4 rings (SSSR count). The maximum Gasteiger partial charge on any atom is 0.321 e. The highest BCUT2D eigenvalue weighted by atomic mass is 16.3. The van der Waals surface area contributed by atoms with Gasteiger partial charge in [0.1, 0.15) is 23.0 Å². The quantitative estimate of drug-likeness (QED) is 0.370. The molecule has 3 amide bonds. The number of carbonyl (C=O) groups is 2. The first-order chi connectivity index (χ1) is 13.9. The predicted molar refractivity (Wildman–Crippen MR) is 105 cm³/mol. The van der Waals surface area contributed by atoms with Crippen LogP contribution in [0.1, 0.15) is 17.2 Å². The van der Waals surface area contributed by atoms with Gasteiger partial charge in [-0.05, 0) is 58.7 Å². The molecule has 0 bridgehead atoms. The summed E-state index contributed by atoms with van der Waals surface area (Å²) in [5.41, 5.74) is 3.13. The molecule has 0 heterocycles. The van der Waals surface area contributed by atoms with E-state index < -0.39 is 12.1 Å². The van der Waals surface area contributed by atoms with Crippen LogP contribution in [0.3, 0.4) is 0 Å². The Morgan fingerprint density at radius 1 is 0.759 bits per heavy atom. The molecule has 0 aliphatic heterocycles. The summed E-state index contributed by atoms with van der Waals surface area (Å²) < 4.78 is 0. The number of phenols is 4. The zero-order chi connectivity index (χ0) is 21.0. The van der Waals surface area contributed by atoms with E-state index in [1.165, 1.54) is 18.2 Å². The highest BCUT2D eigenvalue weighted by Gasteiger charge is 2.30. The first kappa shape index (κ1) is 19.6. The molecule has 3 aromatic carbocycles. The summed E-state index contributed by atoms with van der Waals surface area (Å²) in [6.45, 7) is 0. The molecule has 0 saturated heterocycles. The fraction of sp³-hybridized carbons (Fsp3) is 0.0476. The third-order valence-electron chi connectivity index (χ3n) is 4.28. The number of rotatable bonds is 2. The molecular formula is C21H18N2O6. The number of hydrogen-bond acceptors (Lipinski definition) is 6. The van der Waals surface area contributed by atoms with Crippen molar-refractivity contribution in [1.82, 2.24) is 10.6 Å². The van der Waals surface area contributed by atoms with Crippen molar-refractivity contribution in [2.75, 3.05) is 0 Å².